The lowest BCUT2D eigenvalue weighted by atomic mass is 10.1. The van der Waals surface area contributed by atoms with E-state index in [1.54, 1.807) is 7.11 Å². The third-order valence-electron chi connectivity index (χ3n) is 3.78. The van der Waals surface area contributed by atoms with Gasteiger partial charge in [-0.2, -0.15) is 0 Å². The van der Waals surface area contributed by atoms with Crippen LogP contribution >= 0.6 is 0 Å². The van der Waals surface area contributed by atoms with Crippen LogP contribution in [0, 0.1) is 5.92 Å². The highest BCUT2D eigenvalue weighted by atomic mass is 16.5. The van der Waals surface area contributed by atoms with Crippen molar-refractivity contribution in [1.82, 2.24) is 10.2 Å². The average molecular weight is 277 g/mol. The molecule has 1 aliphatic heterocycles. The highest BCUT2D eigenvalue weighted by molar-refractivity contribution is 5.78. The van der Waals surface area contributed by atoms with Crippen molar-refractivity contribution in [2.75, 3.05) is 26.7 Å². The number of hydrogen-bond donors (Lipinski definition) is 2. The first-order chi connectivity index (χ1) is 9.60. The number of carbonyl (C=O) groups excluding carboxylic acids is 1. The molecule has 2 rings (SSSR count). The van der Waals surface area contributed by atoms with Gasteiger partial charge >= 0.3 is 0 Å². The molecule has 110 valence electrons. The predicted octanol–water partition coefficient (Wildman–Crippen LogP) is 0.590. The summed E-state index contributed by atoms with van der Waals surface area (Å²) in [5, 5.41) is 2.93. The Morgan fingerprint density at radius 2 is 2.20 bits per heavy atom. The van der Waals surface area contributed by atoms with Crippen LogP contribution in [-0.2, 0) is 11.3 Å². The molecule has 1 heterocycles. The van der Waals surface area contributed by atoms with E-state index in [1.165, 1.54) is 0 Å². The van der Waals surface area contributed by atoms with Crippen LogP contribution in [0.15, 0.2) is 24.3 Å². The Balaban J connectivity index is 1.81. The molecule has 0 aliphatic carbocycles. The van der Waals surface area contributed by atoms with Gasteiger partial charge in [-0.15, -0.1) is 0 Å². The first-order valence-corrected chi connectivity index (χ1v) is 6.96. The Kier molecular flexibility index (Phi) is 4.98. The second-order valence-electron chi connectivity index (χ2n) is 5.42. The van der Waals surface area contributed by atoms with Crippen molar-refractivity contribution >= 4 is 5.91 Å². The Bertz CT molecular complexity index is 454. The van der Waals surface area contributed by atoms with E-state index in [-0.39, 0.29) is 11.9 Å². The summed E-state index contributed by atoms with van der Waals surface area (Å²) in [6.45, 7) is 4.70. The molecule has 1 saturated heterocycles. The predicted molar refractivity (Wildman–Crippen MR) is 78.4 cm³/mol. The Hall–Kier alpha value is -1.59. The third kappa shape index (κ3) is 3.71. The largest absolute Gasteiger partial charge is 0.496 e. The molecule has 0 saturated carbocycles. The summed E-state index contributed by atoms with van der Waals surface area (Å²) in [4.78, 5) is 14.1. The highest BCUT2D eigenvalue weighted by Crippen LogP contribution is 2.17. The van der Waals surface area contributed by atoms with Gasteiger partial charge in [-0.1, -0.05) is 25.1 Å². The van der Waals surface area contributed by atoms with E-state index in [1.807, 2.05) is 24.3 Å². The van der Waals surface area contributed by atoms with E-state index in [4.69, 9.17) is 10.5 Å². The summed E-state index contributed by atoms with van der Waals surface area (Å²) in [5.41, 5.74) is 6.94. The van der Waals surface area contributed by atoms with E-state index in [0.717, 1.165) is 24.4 Å². The van der Waals surface area contributed by atoms with Gasteiger partial charge in [-0.25, -0.2) is 0 Å². The maximum Gasteiger partial charge on any atom is 0.234 e. The molecule has 1 aliphatic rings. The van der Waals surface area contributed by atoms with Crippen LogP contribution in [0.4, 0.5) is 0 Å². The van der Waals surface area contributed by atoms with Crippen LogP contribution in [0.1, 0.15) is 12.5 Å². The quantitative estimate of drug-likeness (QED) is 0.826. The molecule has 3 N–H and O–H groups in total. The Morgan fingerprint density at radius 1 is 1.45 bits per heavy atom. The minimum absolute atomic E-state index is 0.0252. The van der Waals surface area contributed by atoms with Gasteiger partial charge in [0.1, 0.15) is 5.75 Å². The molecule has 0 radical (unpaired) electrons. The second kappa shape index (κ2) is 6.72. The van der Waals surface area contributed by atoms with Crippen molar-refractivity contribution in [1.29, 1.82) is 0 Å². The van der Waals surface area contributed by atoms with Gasteiger partial charge < -0.3 is 15.8 Å². The van der Waals surface area contributed by atoms with Gasteiger partial charge in [0.25, 0.3) is 0 Å². The molecular formula is C15H23N3O2. The summed E-state index contributed by atoms with van der Waals surface area (Å²) in [6, 6.07) is 7.87. The molecule has 20 heavy (non-hydrogen) atoms. The number of nitrogens with one attached hydrogen (secondary N) is 1. The van der Waals surface area contributed by atoms with E-state index in [9.17, 15) is 4.79 Å². The van der Waals surface area contributed by atoms with Gasteiger partial charge in [-0.05, 0) is 12.0 Å². The summed E-state index contributed by atoms with van der Waals surface area (Å²) < 4.78 is 5.26. The van der Waals surface area contributed by atoms with Crippen molar-refractivity contribution in [3.05, 3.63) is 29.8 Å². The number of carbonyl (C=O) groups is 1. The number of para-hydroxylation sites is 1. The normalized spacial score (nSPS) is 22.8. The van der Waals surface area contributed by atoms with Gasteiger partial charge in [0.15, 0.2) is 0 Å². The van der Waals surface area contributed by atoms with Crippen LogP contribution in [0.5, 0.6) is 5.75 Å². The zero-order valence-electron chi connectivity index (χ0n) is 12.1. The van der Waals surface area contributed by atoms with Crippen molar-refractivity contribution in [3.8, 4) is 5.75 Å². The molecule has 1 amide bonds. The van der Waals surface area contributed by atoms with Gasteiger partial charge in [0.2, 0.25) is 5.91 Å². The minimum Gasteiger partial charge on any atom is -0.496 e. The lowest BCUT2D eigenvalue weighted by Crippen LogP contribution is -2.37. The molecule has 0 aromatic heterocycles. The molecule has 0 bridgehead atoms. The Labute approximate surface area is 120 Å². The highest BCUT2D eigenvalue weighted by Gasteiger charge is 2.27. The lowest BCUT2D eigenvalue weighted by molar-refractivity contribution is -0.122. The van der Waals surface area contributed by atoms with Crippen molar-refractivity contribution < 1.29 is 9.53 Å². The van der Waals surface area contributed by atoms with Gasteiger partial charge in [0.05, 0.1) is 13.7 Å². The Morgan fingerprint density at radius 3 is 2.85 bits per heavy atom. The summed E-state index contributed by atoms with van der Waals surface area (Å²) in [6.07, 6.45) is 0. The number of likely N-dealkylation sites (tertiary alicyclic amines) is 1. The zero-order valence-corrected chi connectivity index (χ0v) is 12.1. The fourth-order valence-corrected chi connectivity index (χ4v) is 2.53. The molecule has 2 atom stereocenters. The number of hydrogen-bond acceptors (Lipinski definition) is 4. The number of ether oxygens (including phenoxy) is 1. The molecule has 1 fully saturated rings. The third-order valence-corrected chi connectivity index (χ3v) is 3.78. The maximum atomic E-state index is 12.0. The number of nitrogens with two attached hydrogens (primary N) is 1. The van der Waals surface area contributed by atoms with E-state index in [2.05, 4.69) is 17.1 Å². The minimum atomic E-state index is 0.0252. The smallest absolute Gasteiger partial charge is 0.234 e. The first kappa shape index (κ1) is 14.8. The van der Waals surface area contributed by atoms with E-state index in [0.29, 0.717) is 19.0 Å². The molecular weight excluding hydrogens is 254 g/mol. The van der Waals surface area contributed by atoms with Crippen LogP contribution in [0.2, 0.25) is 0 Å². The topological polar surface area (TPSA) is 67.6 Å². The van der Waals surface area contributed by atoms with Gasteiger partial charge in [0, 0.05) is 31.2 Å². The average Bonchev–Trinajstić information content (AvgIpc) is 2.75. The number of benzene rings is 1. The standard InChI is InChI=1S/C15H23N3O2/c1-11-8-18(9-13(11)16)10-15(19)17-7-12-5-3-4-6-14(12)20-2/h3-6,11,13H,7-10,16H2,1-2H3,(H,17,19). The molecule has 0 spiro atoms. The van der Waals surface area contributed by atoms with Crippen molar-refractivity contribution in [2.24, 2.45) is 11.7 Å². The second-order valence-corrected chi connectivity index (χ2v) is 5.42. The zero-order chi connectivity index (χ0) is 14.5. The van der Waals surface area contributed by atoms with Crippen LogP contribution in [-0.4, -0.2) is 43.6 Å². The fourth-order valence-electron chi connectivity index (χ4n) is 2.53. The van der Waals surface area contributed by atoms with E-state index >= 15 is 0 Å². The monoisotopic (exact) mass is 277 g/mol. The van der Waals surface area contributed by atoms with Crippen LogP contribution in [0.3, 0.4) is 0 Å². The number of nitrogens with zero attached hydrogens (tertiary/aromatic N) is 1. The maximum absolute atomic E-state index is 12.0. The SMILES string of the molecule is COc1ccccc1CNC(=O)CN1CC(C)C(N)C1. The molecule has 1 aromatic carbocycles. The fraction of sp³-hybridized carbons (Fsp3) is 0.533. The van der Waals surface area contributed by atoms with Crippen molar-refractivity contribution in [2.45, 2.75) is 19.5 Å². The van der Waals surface area contributed by atoms with Crippen LogP contribution < -0.4 is 15.8 Å². The molecule has 2 unspecified atom stereocenters. The first-order valence-electron chi connectivity index (χ1n) is 6.96. The lowest BCUT2D eigenvalue weighted by Gasteiger charge is -2.15. The summed E-state index contributed by atoms with van der Waals surface area (Å²) in [7, 11) is 1.63. The van der Waals surface area contributed by atoms with Crippen molar-refractivity contribution in [3.63, 3.8) is 0 Å². The van der Waals surface area contributed by atoms with Gasteiger partial charge in [-0.3, -0.25) is 9.69 Å². The molecule has 5 heteroatoms. The van der Waals surface area contributed by atoms with Crippen LogP contribution in [0.25, 0.3) is 0 Å². The number of amides is 1. The number of methoxy groups -OCH3 is 1. The summed E-state index contributed by atoms with van der Waals surface area (Å²) in [5.74, 6) is 1.28. The summed E-state index contributed by atoms with van der Waals surface area (Å²) >= 11 is 0. The molecule has 1 aromatic rings. The van der Waals surface area contributed by atoms with E-state index < -0.39 is 0 Å². The molecule has 5 nitrogen and oxygen atoms in total. The number of rotatable bonds is 5.